The number of anilines is 1. The van der Waals surface area contributed by atoms with Crippen molar-refractivity contribution in [3.63, 3.8) is 0 Å². The van der Waals surface area contributed by atoms with Crippen LogP contribution < -0.4 is 9.64 Å². The summed E-state index contributed by atoms with van der Waals surface area (Å²) in [5.74, 6) is -1.51. The van der Waals surface area contributed by atoms with E-state index in [2.05, 4.69) is 10.8 Å². The molecule has 1 fully saturated rings. The van der Waals surface area contributed by atoms with Crippen LogP contribution in [0.2, 0.25) is 0 Å². The van der Waals surface area contributed by atoms with E-state index < -0.39 is 12.3 Å². The molecule has 0 saturated carbocycles. The van der Waals surface area contributed by atoms with Gasteiger partial charge in [0.25, 0.3) is 0 Å². The van der Waals surface area contributed by atoms with Gasteiger partial charge in [-0.2, -0.15) is 5.26 Å². The molecule has 3 rings (SSSR count). The van der Waals surface area contributed by atoms with Gasteiger partial charge in [0.2, 0.25) is 0 Å². The first-order chi connectivity index (χ1) is 13.3. The van der Waals surface area contributed by atoms with Crippen LogP contribution in [0.1, 0.15) is 26.4 Å². The van der Waals surface area contributed by atoms with Gasteiger partial charge in [0.15, 0.2) is 0 Å². The first-order valence-corrected chi connectivity index (χ1v) is 9.06. The van der Waals surface area contributed by atoms with Crippen LogP contribution in [-0.4, -0.2) is 43.7 Å². The van der Waals surface area contributed by atoms with Gasteiger partial charge in [-0.1, -0.05) is 12.1 Å². The number of halogens is 3. The Kier molecular flexibility index (Phi) is 5.76. The minimum absolute atomic E-state index is 0.0497. The first-order valence-electron chi connectivity index (χ1n) is 8.25. The topological polar surface area (TPSA) is 82.8 Å². The fraction of sp³-hybridized carbons (Fsp3) is 0.333. The minimum Gasteiger partial charge on any atom is -0.477 e. The zero-order valence-electron chi connectivity index (χ0n) is 14.5. The number of carboxylic acid groups (broad SMARTS) is 1. The summed E-state index contributed by atoms with van der Waals surface area (Å²) < 4.78 is 45.9. The van der Waals surface area contributed by atoms with Crippen molar-refractivity contribution in [2.45, 2.75) is 12.8 Å². The number of rotatable bonds is 5. The van der Waals surface area contributed by atoms with E-state index in [0.29, 0.717) is 42.4 Å². The third kappa shape index (κ3) is 4.55. The maximum Gasteiger partial charge on any atom is 0.573 e. The number of thiophene rings is 1. The average molecular weight is 412 g/mol. The van der Waals surface area contributed by atoms with E-state index in [1.165, 1.54) is 12.1 Å². The number of aromatic carboxylic acids is 1. The van der Waals surface area contributed by atoms with Crippen LogP contribution in [-0.2, 0) is 11.2 Å². The summed E-state index contributed by atoms with van der Waals surface area (Å²) >= 11 is 1.03. The molecule has 1 aromatic carbocycles. The number of carboxylic acids is 1. The number of nitriles is 1. The van der Waals surface area contributed by atoms with Gasteiger partial charge < -0.3 is 19.5 Å². The molecule has 2 heterocycles. The van der Waals surface area contributed by atoms with E-state index in [9.17, 15) is 28.3 Å². The Morgan fingerprint density at radius 2 is 1.93 bits per heavy atom. The molecule has 0 spiro atoms. The van der Waals surface area contributed by atoms with Crippen molar-refractivity contribution in [1.29, 1.82) is 5.26 Å². The van der Waals surface area contributed by atoms with Crippen LogP contribution in [0.5, 0.6) is 5.75 Å². The van der Waals surface area contributed by atoms with E-state index in [4.69, 9.17) is 4.74 Å². The Bertz CT molecular complexity index is 897. The third-order valence-corrected chi connectivity index (χ3v) is 5.41. The van der Waals surface area contributed by atoms with Gasteiger partial charge in [0.05, 0.1) is 18.8 Å². The highest BCUT2D eigenvalue weighted by atomic mass is 32.1. The molecule has 10 heteroatoms. The zero-order chi connectivity index (χ0) is 20.3. The van der Waals surface area contributed by atoms with Crippen molar-refractivity contribution in [2.24, 2.45) is 0 Å². The van der Waals surface area contributed by atoms with Crippen LogP contribution >= 0.6 is 11.3 Å². The van der Waals surface area contributed by atoms with E-state index in [1.54, 1.807) is 0 Å². The predicted octanol–water partition coefficient (Wildman–Crippen LogP) is 3.64. The normalized spacial score (nSPS) is 14.6. The minimum atomic E-state index is -4.79. The number of benzene rings is 1. The first kappa shape index (κ1) is 20.0. The summed E-state index contributed by atoms with van der Waals surface area (Å²) in [5.41, 5.74) is 1.20. The van der Waals surface area contributed by atoms with Crippen molar-refractivity contribution >= 4 is 22.3 Å². The number of alkyl halides is 3. The number of hydrogen-bond acceptors (Lipinski definition) is 6. The second kappa shape index (κ2) is 8.08. The molecule has 0 bridgehead atoms. The lowest BCUT2D eigenvalue weighted by molar-refractivity contribution is -0.274. The molecule has 2 aromatic rings. The molecule has 0 amide bonds. The van der Waals surface area contributed by atoms with Gasteiger partial charge in [0, 0.05) is 25.1 Å². The molecule has 28 heavy (non-hydrogen) atoms. The summed E-state index contributed by atoms with van der Waals surface area (Å²) in [4.78, 5) is 13.7. The second-order valence-corrected chi connectivity index (χ2v) is 6.97. The standard InChI is InChI=1S/C18H15F3N2O4S/c19-18(20,21)27-12-3-1-11(2-4-12)9-13-14(10-22)16(28-15(13)17(24)25)23-5-7-26-8-6-23/h1-4H,5-9H2,(H,24,25). The maximum absolute atomic E-state index is 12.3. The Morgan fingerprint density at radius 3 is 2.46 bits per heavy atom. The highest BCUT2D eigenvalue weighted by molar-refractivity contribution is 7.18. The summed E-state index contributed by atoms with van der Waals surface area (Å²) in [6.45, 7) is 2.08. The van der Waals surface area contributed by atoms with E-state index in [-0.39, 0.29) is 22.6 Å². The summed E-state index contributed by atoms with van der Waals surface area (Å²) in [6.07, 6.45) is -4.68. The highest BCUT2D eigenvalue weighted by Crippen LogP contribution is 2.37. The monoisotopic (exact) mass is 412 g/mol. The van der Waals surface area contributed by atoms with Crippen LogP contribution in [0.15, 0.2) is 24.3 Å². The Morgan fingerprint density at radius 1 is 1.29 bits per heavy atom. The molecular weight excluding hydrogens is 397 g/mol. The number of nitrogens with zero attached hydrogens (tertiary/aromatic N) is 2. The Labute approximate surface area is 162 Å². The molecule has 1 N–H and O–H groups in total. The molecule has 0 atom stereocenters. The second-order valence-electron chi connectivity index (χ2n) is 5.97. The number of hydrogen-bond donors (Lipinski definition) is 1. The largest absolute Gasteiger partial charge is 0.573 e. The van der Waals surface area contributed by atoms with E-state index in [1.807, 2.05) is 4.90 Å². The third-order valence-electron chi connectivity index (χ3n) is 4.13. The lowest BCUT2D eigenvalue weighted by atomic mass is 10.0. The lowest BCUT2D eigenvalue weighted by Crippen LogP contribution is -2.36. The number of carbonyl (C=O) groups is 1. The fourth-order valence-corrected chi connectivity index (χ4v) is 4.07. The molecule has 1 saturated heterocycles. The molecule has 1 aliphatic heterocycles. The van der Waals surface area contributed by atoms with Gasteiger partial charge >= 0.3 is 12.3 Å². The molecule has 0 aliphatic carbocycles. The molecule has 6 nitrogen and oxygen atoms in total. The summed E-state index contributed by atoms with van der Waals surface area (Å²) in [7, 11) is 0. The van der Waals surface area contributed by atoms with Crippen molar-refractivity contribution in [2.75, 3.05) is 31.2 Å². The lowest BCUT2D eigenvalue weighted by Gasteiger charge is -2.27. The van der Waals surface area contributed by atoms with Gasteiger partial charge in [-0.15, -0.1) is 24.5 Å². The van der Waals surface area contributed by atoms with Gasteiger partial charge in [-0.05, 0) is 17.7 Å². The average Bonchev–Trinajstić information content (AvgIpc) is 3.01. The molecule has 1 aromatic heterocycles. The molecule has 0 radical (unpaired) electrons. The van der Waals surface area contributed by atoms with Crippen molar-refractivity contribution < 1.29 is 32.5 Å². The fourth-order valence-electron chi connectivity index (χ4n) is 2.91. The predicted molar refractivity (Wildman–Crippen MR) is 95.0 cm³/mol. The quantitative estimate of drug-likeness (QED) is 0.807. The number of ether oxygens (including phenoxy) is 2. The Balaban J connectivity index is 1.91. The van der Waals surface area contributed by atoms with Gasteiger partial charge in [-0.25, -0.2) is 4.79 Å². The van der Waals surface area contributed by atoms with Crippen LogP contribution in [0, 0.1) is 11.3 Å². The molecule has 0 unspecified atom stereocenters. The number of morpholine rings is 1. The SMILES string of the molecule is N#Cc1c(N2CCOCC2)sc(C(=O)O)c1Cc1ccc(OC(F)(F)F)cc1. The zero-order valence-corrected chi connectivity index (χ0v) is 15.3. The van der Waals surface area contributed by atoms with Crippen LogP contribution in [0.25, 0.3) is 0 Å². The van der Waals surface area contributed by atoms with E-state index >= 15 is 0 Å². The summed E-state index contributed by atoms with van der Waals surface area (Å²) in [6, 6.07) is 7.24. The summed E-state index contributed by atoms with van der Waals surface area (Å²) in [5, 5.41) is 19.8. The van der Waals surface area contributed by atoms with Crippen molar-refractivity contribution in [3.8, 4) is 11.8 Å². The van der Waals surface area contributed by atoms with Crippen molar-refractivity contribution in [1.82, 2.24) is 0 Å². The maximum atomic E-state index is 12.3. The smallest absolute Gasteiger partial charge is 0.477 e. The Hall–Kier alpha value is -2.77. The highest BCUT2D eigenvalue weighted by Gasteiger charge is 2.31. The molecule has 148 valence electrons. The molecule has 1 aliphatic rings. The van der Waals surface area contributed by atoms with Gasteiger partial charge in [-0.3, -0.25) is 0 Å². The van der Waals surface area contributed by atoms with E-state index in [0.717, 1.165) is 23.5 Å². The molecular formula is C18H15F3N2O4S. The van der Waals surface area contributed by atoms with Crippen LogP contribution in [0.3, 0.4) is 0 Å². The van der Waals surface area contributed by atoms with Crippen molar-refractivity contribution in [3.05, 3.63) is 45.8 Å². The van der Waals surface area contributed by atoms with Gasteiger partial charge in [0.1, 0.15) is 21.7 Å². The van der Waals surface area contributed by atoms with Crippen LogP contribution in [0.4, 0.5) is 18.2 Å².